The number of piperidine rings is 1. The van der Waals surface area contributed by atoms with E-state index in [1.54, 1.807) is 6.92 Å². The SMILES string of the molecule is CC1(O)CCN(C(=O)O)CC1.Cl. The molecule has 72 valence electrons. The van der Waals surface area contributed by atoms with Gasteiger partial charge in [0.1, 0.15) is 0 Å². The molecule has 0 atom stereocenters. The van der Waals surface area contributed by atoms with Crippen molar-refractivity contribution in [2.75, 3.05) is 13.1 Å². The number of carbonyl (C=O) groups is 1. The zero-order chi connectivity index (χ0) is 8.48. The molecule has 12 heavy (non-hydrogen) atoms. The molecular formula is C7H14ClNO3. The molecule has 5 heteroatoms. The Morgan fingerprint density at radius 2 is 1.83 bits per heavy atom. The molecule has 4 nitrogen and oxygen atoms in total. The Hall–Kier alpha value is -0.480. The van der Waals surface area contributed by atoms with Crippen molar-refractivity contribution >= 4 is 18.5 Å². The topological polar surface area (TPSA) is 60.8 Å². The summed E-state index contributed by atoms with van der Waals surface area (Å²) in [6.45, 7) is 2.64. The third-order valence-corrected chi connectivity index (χ3v) is 2.11. The van der Waals surface area contributed by atoms with E-state index in [1.807, 2.05) is 0 Å². The third-order valence-electron chi connectivity index (χ3n) is 2.11. The lowest BCUT2D eigenvalue weighted by Gasteiger charge is -2.34. The first kappa shape index (κ1) is 11.5. The average molecular weight is 196 g/mol. The van der Waals surface area contributed by atoms with Crippen molar-refractivity contribution in [1.29, 1.82) is 0 Å². The molecule has 0 aromatic rings. The highest BCUT2D eigenvalue weighted by Crippen LogP contribution is 2.20. The lowest BCUT2D eigenvalue weighted by molar-refractivity contribution is -0.00116. The summed E-state index contributed by atoms with van der Waals surface area (Å²) in [6, 6.07) is 0. The smallest absolute Gasteiger partial charge is 0.407 e. The van der Waals surface area contributed by atoms with Gasteiger partial charge in [-0.05, 0) is 19.8 Å². The minimum absolute atomic E-state index is 0. The van der Waals surface area contributed by atoms with Gasteiger partial charge in [0.25, 0.3) is 0 Å². The Balaban J connectivity index is 0.00000121. The van der Waals surface area contributed by atoms with Crippen LogP contribution in [-0.2, 0) is 0 Å². The van der Waals surface area contributed by atoms with Crippen molar-refractivity contribution in [3.05, 3.63) is 0 Å². The maximum atomic E-state index is 10.4. The zero-order valence-electron chi connectivity index (χ0n) is 6.99. The van der Waals surface area contributed by atoms with E-state index in [0.717, 1.165) is 0 Å². The van der Waals surface area contributed by atoms with E-state index in [2.05, 4.69) is 0 Å². The second-order valence-electron chi connectivity index (χ2n) is 3.27. The molecule has 0 saturated carbocycles. The first-order chi connectivity index (χ1) is 5.01. The minimum atomic E-state index is -0.888. The highest BCUT2D eigenvalue weighted by Gasteiger charge is 2.29. The van der Waals surface area contributed by atoms with Gasteiger partial charge < -0.3 is 15.1 Å². The molecule has 0 aromatic heterocycles. The van der Waals surface area contributed by atoms with Gasteiger partial charge >= 0.3 is 6.09 Å². The van der Waals surface area contributed by atoms with Crippen LogP contribution in [0.5, 0.6) is 0 Å². The minimum Gasteiger partial charge on any atom is -0.465 e. The van der Waals surface area contributed by atoms with E-state index >= 15 is 0 Å². The number of aliphatic hydroxyl groups is 1. The van der Waals surface area contributed by atoms with Crippen LogP contribution in [0, 0.1) is 0 Å². The standard InChI is InChI=1S/C7H13NO3.ClH/c1-7(11)2-4-8(5-3-7)6(9)10;/h11H,2-5H2,1H3,(H,9,10);1H. The van der Waals surface area contributed by atoms with E-state index in [9.17, 15) is 9.90 Å². The molecule has 1 rings (SSSR count). The van der Waals surface area contributed by atoms with Crippen molar-refractivity contribution < 1.29 is 15.0 Å². The zero-order valence-corrected chi connectivity index (χ0v) is 7.80. The molecule has 1 aliphatic heterocycles. The second kappa shape index (κ2) is 3.96. The Bertz CT molecular complexity index is 162. The quantitative estimate of drug-likeness (QED) is 0.605. The van der Waals surface area contributed by atoms with Gasteiger partial charge in [-0.15, -0.1) is 12.4 Å². The summed E-state index contributed by atoms with van der Waals surface area (Å²) in [7, 11) is 0. The number of hydrogen-bond acceptors (Lipinski definition) is 2. The molecule has 1 aliphatic rings. The van der Waals surface area contributed by atoms with Gasteiger partial charge in [0.05, 0.1) is 5.60 Å². The summed E-state index contributed by atoms with van der Waals surface area (Å²) >= 11 is 0. The van der Waals surface area contributed by atoms with E-state index in [4.69, 9.17) is 5.11 Å². The number of rotatable bonds is 0. The lowest BCUT2D eigenvalue weighted by atomic mass is 9.94. The fraction of sp³-hybridized carbons (Fsp3) is 0.857. The molecule has 0 unspecified atom stereocenters. The Labute approximate surface area is 77.6 Å². The van der Waals surface area contributed by atoms with E-state index < -0.39 is 11.7 Å². The van der Waals surface area contributed by atoms with Crippen LogP contribution >= 0.6 is 12.4 Å². The van der Waals surface area contributed by atoms with Gasteiger partial charge in [0, 0.05) is 13.1 Å². The van der Waals surface area contributed by atoms with E-state index in [-0.39, 0.29) is 12.4 Å². The van der Waals surface area contributed by atoms with Crippen LogP contribution in [-0.4, -0.2) is 39.9 Å². The summed E-state index contributed by atoms with van der Waals surface area (Å²) < 4.78 is 0. The van der Waals surface area contributed by atoms with Crippen LogP contribution in [0.4, 0.5) is 4.79 Å². The molecule has 0 aromatic carbocycles. The molecule has 0 spiro atoms. The van der Waals surface area contributed by atoms with Crippen LogP contribution in [0.1, 0.15) is 19.8 Å². The van der Waals surface area contributed by atoms with Gasteiger partial charge in [-0.2, -0.15) is 0 Å². The first-order valence-corrected chi connectivity index (χ1v) is 3.71. The summed E-state index contributed by atoms with van der Waals surface area (Å²) in [6.07, 6.45) is 0.194. The molecule has 1 amide bonds. The maximum absolute atomic E-state index is 10.4. The van der Waals surface area contributed by atoms with Crippen molar-refractivity contribution in [3.8, 4) is 0 Å². The van der Waals surface area contributed by atoms with E-state index in [1.165, 1.54) is 4.90 Å². The molecule has 2 N–H and O–H groups in total. The average Bonchev–Trinajstić information content (AvgIpc) is 1.86. The number of nitrogens with zero attached hydrogens (tertiary/aromatic N) is 1. The molecule has 1 fully saturated rings. The van der Waals surface area contributed by atoms with Crippen LogP contribution in [0.25, 0.3) is 0 Å². The van der Waals surface area contributed by atoms with Crippen LogP contribution in [0.3, 0.4) is 0 Å². The molecular weight excluding hydrogens is 182 g/mol. The summed E-state index contributed by atoms with van der Waals surface area (Å²) in [5.41, 5.74) is -0.661. The van der Waals surface area contributed by atoms with Crippen LogP contribution < -0.4 is 0 Å². The van der Waals surface area contributed by atoms with Crippen molar-refractivity contribution in [2.45, 2.75) is 25.4 Å². The summed E-state index contributed by atoms with van der Waals surface area (Å²) in [4.78, 5) is 11.7. The number of amides is 1. The Morgan fingerprint density at radius 3 is 2.17 bits per heavy atom. The lowest BCUT2D eigenvalue weighted by Crippen LogP contribution is -2.44. The number of halogens is 1. The summed E-state index contributed by atoms with van der Waals surface area (Å²) in [5, 5.41) is 18.0. The van der Waals surface area contributed by atoms with E-state index in [0.29, 0.717) is 25.9 Å². The predicted octanol–water partition coefficient (Wildman–Crippen LogP) is 0.933. The molecule has 0 aliphatic carbocycles. The fourth-order valence-corrected chi connectivity index (χ4v) is 1.18. The molecule has 0 radical (unpaired) electrons. The number of likely N-dealkylation sites (tertiary alicyclic amines) is 1. The first-order valence-electron chi connectivity index (χ1n) is 3.71. The normalized spacial score (nSPS) is 21.3. The monoisotopic (exact) mass is 195 g/mol. The van der Waals surface area contributed by atoms with Gasteiger partial charge in [-0.3, -0.25) is 0 Å². The third kappa shape index (κ3) is 2.87. The van der Waals surface area contributed by atoms with Gasteiger partial charge in [0.15, 0.2) is 0 Å². The summed E-state index contributed by atoms with van der Waals surface area (Å²) in [5.74, 6) is 0. The predicted molar refractivity (Wildman–Crippen MR) is 46.7 cm³/mol. The number of hydrogen-bond donors (Lipinski definition) is 2. The number of carboxylic acid groups (broad SMARTS) is 1. The highest BCUT2D eigenvalue weighted by molar-refractivity contribution is 5.85. The van der Waals surface area contributed by atoms with Gasteiger partial charge in [-0.1, -0.05) is 0 Å². The van der Waals surface area contributed by atoms with Crippen LogP contribution in [0.15, 0.2) is 0 Å². The van der Waals surface area contributed by atoms with Gasteiger partial charge in [-0.25, -0.2) is 4.79 Å². The second-order valence-corrected chi connectivity index (χ2v) is 3.27. The molecule has 0 bridgehead atoms. The fourth-order valence-electron chi connectivity index (χ4n) is 1.18. The Kier molecular flexibility index (Phi) is 3.80. The largest absolute Gasteiger partial charge is 0.465 e. The van der Waals surface area contributed by atoms with Crippen molar-refractivity contribution in [1.82, 2.24) is 4.90 Å². The van der Waals surface area contributed by atoms with Crippen LogP contribution in [0.2, 0.25) is 0 Å². The highest BCUT2D eigenvalue weighted by atomic mass is 35.5. The van der Waals surface area contributed by atoms with Crippen molar-refractivity contribution in [3.63, 3.8) is 0 Å². The Morgan fingerprint density at radius 1 is 1.42 bits per heavy atom. The molecule has 1 heterocycles. The molecule has 1 saturated heterocycles. The van der Waals surface area contributed by atoms with Crippen molar-refractivity contribution in [2.24, 2.45) is 0 Å². The maximum Gasteiger partial charge on any atom is 0.407 e. The van der Waals surface area contributed by atoms with Gasteiger partial charge in [0.2, 0.25) is 0 Å².